The summed E-state index contributed by atoms with van der Waals surface area (Å²) in [6, 6.07) is 8.76. The highest BCUT2D eigenvalue weighted by Crippen LogP contribution is 2.20. The maximum Gasteiger partial charge on any atom is 0.0667 e. The predicted molar refractivity (Wildman–Crippen MR) is 45.6 cm³/mol. The van der Waals surface area contributed by atoms with E-state index < -0.39 is 0 Å². The van der Waals surface area contributed by atoms with Crippen molar-refractivity contribution in [2.24, 2.45) is 0 Å². The largest absolute Gasteiger partial charge is 0.262 e. The summed E-state index contributed by atoms with van der Waals surface area (Å²) in [5.74, 6) is 0. The molecule has 0 bridgehead atoms. The van der Waals surface area contributed by atoms with Crippen LogP contribution < -0.4 is 0 Å². The molecule has 1 heterocycles. The molecule has 0 amide bonds. The molecule has 0 spiro atoms. The van der Waals surface area contributed by atoms with Crippen molar-refractivity contribution in [2.45, 2.75) is 0 Å². The molecule has 0 aliphatic carbocycles. The van der Waals surface area contributed by atoms with E-state index >= 15 is 0 Å². The van der Waals surface area contributed by atoms with E-state index in [1.165, 1.54) is 0 Å². The van der Waals surface area contributed by atoms with E-state index in [2.05, 4.69) is 11.1 Å². The monoisotopic (exact) mass is 162 g/mol. The maximum atomic E-state index is 5.87. The van der Waals surface area contributed by atoms with Gasteiger partial charge in [-0.1, -0.05) is 29.8 Å². The number of nitrogens with zero attached hydrogens (tertiary/aromatic N) is 1. The minimum absolute atomic E-state index is 0.680. The number of hydrogen-bond acceptors (Lipinski definition) is 1. The van der Waals surface area contributed by atoms with Crippen molar-refractivity contribution in [2.75, 3.05) is 0 Å². The lowest BCUT2D eigenvalue weighted by molar-refractivity contribution is 1.36. The Kier molecular flexibility index (Phi) is 1.51. The lowest BCUT2D eigenvalue weighted by Crippen LogP contribution is -1.75. The van der Waals surface area contributed by atoms with Crippen molar-refractivity contribution in [1.82, 2.24) is 4.98 Å². The van der Waals surface area contributed by atoms with Crippen molar-refractivity contribution in [3.05, 3.63) is 41.7 Å². The topological polar surface area (TPSA) is 12.9 Å². The Morgan fingerprint density at radius 1 is 1.36 bits per heavy atom. The number of rotatable bonds is 0. The molecule has 0 saturated heterocycles. The third kappa shape index (κ3) is 1.08. The quantitative estimate of drug-likeness (QED) is 0.581. The molecule has 2 aromatic rings. The highest BCUT2D eigenvalue weighted by molar-refractivity contribution is 6.35. The van der Waals surface area contributed by atoms with Crippen LogP contribution in [0.4, 0.5) is 0 Å². The zero-order valence-electron chi connectivity index (χ0n) is 5.71. The first-order chi connectivity index (χ1) is 5.38. The van der Waals surface area contributed by atoms with Gasteiger partial charge < -0.3 is 0 Å². The van der Waals surface area contributed by atoms with E-state index in [-0.39, 0.29) is 0 Å². The number of hydrogen-bond donors (Lipinski definition) is 0. The summed E-state index contributed by atoms with van der Waals surface area (Å²) in [5.41, 5.74) is 0. The van der Waals surface area contributed by atoms with Crippen LogP contribution in [0.3, 0.4) is 0 Å². The van der Waals surface area contributed by atoms with Gasteiger partial charge in [0.05, 0.1) is 5.02 Å². The highest BCUT2D eigenvalue weighted by Gasteiger charge is 1.95. The number of halogens is 1. The smallest absolute Gasteiger partial charge is 0.0667 e. The molecule has 0 aliphatic rings. The second-order valence-corrected chi connectivity index (χ2v) is 2.66. The van der Waals surface area contributed by atoms with Gasteiger partial charge in [-0.3, -0.25) is 4.98 Å². The van der Waals surface area contributed by atoms with Gasteiger partial charge in [0.25, 0.3) is 0 Å². The molecule has 0 aliphatic heterocycles. The Balaban J connectivity index is 2.91. The van der Waals surface area contributed by atoms with E-state index in [4.69, 9.17) is 11.6 Å². The third-order valence-electron chi connectivity index (χ3n) is 1.54. The summed E-state index contributed by atoms with van der Waals surface area (Å²) >= 11 is 5.87. The van der Waals surface area contributed by atoms with E-state index in [0.29, 0.717) is 5.02 Å². The lowest BCUT2D eigenvalue weighted by Gasteiger charge is -1.95. The lowest BCUT2D eigenvalue weighted by atomic mass is 10.2. The molecule has 1 aromatic carbocycles. The van der Waals surface area contributed by atoms with Gasteiger partial charge in [-0.2, -0.15) is 0 Å². The number of aromatic nitrogens is 1. The molecular weight excluding hydrogens is 158 g/mol. The van der Waals surface area contributed by atoms with Gasteiger partial charge in [0.15, 0.2) is 0 Å². The van der Waals surface area contributed by atoms with E-state index in [9.17, 15) is 0 Å². The van der Waals surface area contributed by atoms with Crippen molar-refractivity contribution in [3.63, 3.8) is 0 Å². The van der Waals surface area contributed by atoms with E-state index in [1.54, 1.807) is 12.4 Å². The van der Waals surface area contributed by atoms with Crippen molar-refractivity contribution in [3.8, 4) is 0 Å². The van der Waals surface area contributed by atoms with Gasteiger partial charge in [-0.25, -0.2) is 0 Å². The van der Waals surface area contributed by atoms with Crippen LogP contribution in [-0.2, 0) is 0 Å². The summed E-state index contributed by atoms with van der Waals surface area (Å²) in [6.45, 7) is 0. The van der Waals surface area contributed by atoms with E-state index in [1.807, 2.05) is 18.2 Å². The number of pyridine rings is 1. The molecule has 0 saturated carbocycles. The van der Waals surface area contributed by atoms with Crippen LogP contribution in [-0.4, -0.2) is 4.98 Å². The van der Waals surface area contributed by atoms with Crippen molar-refractivity contribution < 1.29 is 0 Å². The summed E-state index contributed by atoms with van der Waals surface area (Å²) in [5, 5.41) is 2.64. The molecule has 2 heteroatoms. The van der Waals surface area contributed by atoms with Crippen molar-refractivity contribution in [1.29, 1.82) is 0 Å². The van der Waals surface area contributed by atoms with Crippen LogP contribution in [0.15, 0.2) is 30.6 Å². The van der Waals surface area contributed by atoms with Crippen LogP contribution in [0.2, 0.25) is 5.02 Å². The van der Waals surface area contributed by atoms with Gasteiger partial charge in [-0.15, -0.1) is 0 Å². The van der Waals surface area contributed by atoms with Crippen LogP contribution in [0.1, 0.15) is 0 Å². The second kappa shape index (κ2) is 2.51. The molecule has 1 radical (unpaired) electrons. The summed E-state index contributed by atoms with van der Waals surface area (Å²) in [6.07, 6.45) is 3.39. The zero-order valence-corrected chi connectivity index (χ0v) is 6.47. The van der Waals surface area contributed by atoms with Gasteiger partial charge >= 0.3 is 0 Å². The number of benzene rings is 1. The first-order valence-electron chi connectivity index (χ1n) is 3.28. The average Bonchev–Trinajstić information content (AvgIpc) is 2.06. The van der Waals surface area contributed by atoms with Crippen molar-refractivity contribution >= 4 is 22.4 Å². The fourth-order valence-electron chi connectivity index (χ4n) is 1.01. The molecule has 0 N–H and O–H groups in total. The Bertz CT molecular complexity index is 379. The molecule has 1 nitrogen and oxygen atoms in total. The van der Waals surface area contributed by atoms with Gasteiger partial charge in [0.2, 0.25) is 0 Å². The molecule has 53 valence electrons. The first kappa shape index (κ1) is 6.62. The minimum Gasteiger partial charge on any atom is -0.262 e. The Morgan fingerprint density at radius 3 is 3.09 bits per heavy atom. The summed E-state index contributed by atoms with van der Waals surface area (Å²) in [7, 11) is 0. The maximum absolute atomic E-state index is 5.87. The fourth-order valence-corrected chi connectivity index (χ4v) is 1.23. The normalized spacial score (nSPS) is 10.3. The standard InChI is InChI=1S/C9H5ClN/c10-9-6-11-5-7-3-1-2-4-8(7)9/h1-2,4-6H. The van der Waals surface area contributed by atoms with Crippen LogP contribution in [0.25, 0.3) is 10.8 Å². The highest BCUT2D eigenvalue weighted by atomic mass is 35.5. The predicted octanol–water partition coefficient (Wildman–Crippen LogP) is 2.69. The summed E-state index contributed by atoms with van der Waals surface area (Å²) < 4.78 is 0. The third-order valence-corrected chi connectivity index (χ3v) is 1.84. The summed E-state index contributed by atoms with van der Waals surface area (Å²) in [4.78, 5) is 3.95. The van der Waals surface area contributed by atoms with Crippen LogP contribution in [0.5, 0.6) is 0 Å². The Morgan fingerprint density at radius 2 is 2.27 bits per heavy atom. The van der Waals surface area contributed by atoms with Crippen LogP contribution >= 0.6 is 11.6 Å². The SMILES string of the molecule is Clc1cncc2[c]cccc12. The molecule has 0 unspecified atom stereocenters. The van der Waals surface area contributed by atoms with E-state index in [0.717, 1.165) is 10.8 Å². The molecule has 0 fully saturated rings. The molecule has 0 atom stereocenters. The van der Waals surface area contributed by atoms with Gasteiger partial charge in [0.1, 0.15) is 0 Å². The minimum atomic E-state index is 0.680. The Labute approximate surface area is 69.6 Å². The molecule has 1 aromatic heterocycles. The fraction of sp³-hybridized carbons (Fsp3) is 0. The first-order valence-corrected chi connectivity index (χ1v) is 3.65. The van der Waals surface area contributed by atoms with Gasteiger partial charge in [-0.05, 0) is 6.07 Å². The van der Waals surface area contributed by atoms with Crippen LogP contribution in [0, 0.1) is 6.07 Å². The molecular formula is C9H5ClN. The Hall–Kier alpha value is -1.08. The van der Waals surface area contributed by atoms with Gasteiger partial charge in [0, 0.05) is 23.2 Å². The molecule has 2 rings (SSSR count). The second-order valence-electron chi connectivity index (χ2n) is 2.25. The molecule has 11 heavy (non-hydrogen) atoms. The zero-order chi connectivity index (χ0) is 7.68. The average molecular weight is 163 g/mol. The number of fused-ring (bicyclic) bond motifs is 1.